The fraction of sp³-hybridized carbons (Fsp3) is 0.400. The fourth-order valence-electron chi connectivity index (χ4n) is 7.73. The second-order valence-corrected chi connectivity index (χ2v) is 14.1. The number of anilines is 1. The zero-order valence-corrected chi connectivity index (χ0v) is 29.7. The number of ether oxygens (including phenoxy) is 1. The molecular weight excluding hydrogens is 663 g/mol. The van der Waals surface area contributed by atoms with Crippen LogP contribution in [0.4, 0.5) is 10.1 Å². The Balaban J connectivity index is 0.894. The lowest BCUT2D eigenvalue weighted by Gasteiger charge is -2.37. The van der Waals surface area contributed by atoms with Gasteiger partial charge >= 0.3 is 0 Å². The summed E-state index contributed by atoms with van der Waals surface area (Å²) in [6.07, 6.45) is 4.49. The van der Waals surface area contributed by atoms with Crippen molar-refractivity contribution in [2.45, 2.75) is 44.2 Å². The zero-order valence-electron chi connectivity index (χ0n) is 29.7. The molecule has 0 spiro atoms. The maximum Gasteiger partial charge on any atom is 0.258 e. The van der Waals surface area contributed by atoms with E-state index in [1.165, 1.54) is 16.2 Å². The summed E-state index contributed by atoms with van der Waals surface area (Å²) < 4.78 is 23.0. The summed E-state index contributed by atoms with van der Waals surface area (Å²) in [5, 5.41) is 6.95. The van der Waals surface area contributed by atoms with E-state index in [1.807, 2.05) is 41.3 Å². The highest BCUT2D eigenvalue weighted by Crippen LogP contribution is 2.34. The van der Waals surface area contributed by atoms with Crippen molar-refractivity contribution in [3.8, 4) is 16.9 Å². The molecule has 3 aliphatic rings. The average Bonchev–Trinajstić information content (AvgIpc) is 3.16. The summed E-state index contributed by atoms with van der Waals surface area (Å²) in [5.41, 5.74) is 3.88. The molecule has 7 rings (SSSR count). The van der Waals surface area contributed by atoms with E-state index in [1.54, 1.807) is 26.4 Å². The Hall–Kier alpha value is -5.07. The number of imide groups is 1. The maximum atomic E-state index is 15.8. The van der Waals surface area contributed by atoms with Crippen LogP contribution in [0.2, 0.25) is 0 Å². The van der Waals surface area contributed by atoms with Crippen molar-refractivity contribution in [1.29, 1.82) is 0 Å². The Morgan fingerprint density at radius 1 is 0.904 bits per heavy atom. The van der Waals surface area contributed by atoms with Gasteiger partial charge in [-0.25, -0.2) is 4.39 Å². The Kier molecular flexibility index (Phi) is 10.4. The summed E-state index contributed by atoms with van der Waals surface area (Å²) in [7, 11) is 3.24. The number of piperidine rings is 2. The van der Waals surface area contributed by atoms with E-state index in [0.717, 1.165) is 42.6 Å². The lowest BCUT2D eigenvalue weighted by atomic mass is 9.89. The number of fused-ring (bicyclic) bond motifs is 1. The first kappa shape index (κ1) is 35.3. The molecule has 4 heterocycles. The summed E-state index contributed by atoms with van der Waals surface area (Å²) in [5.74, 6) is 0.115. The number of likely N-dealkylation sites (tertiary alicyclic amines) is 1. The van der Waals surface area contributed by atoms with E-state index in [9.17, 15) is 19.2 Å². The van der Waals surface area contributed by atoms with Crippen molar-refractivity contribution < 1.29 is 23.5 Å². The molecule has 3 fully saturated rings. The molecule has 11 nitrogen and oxygen atoms in total. The van der Waals surface area contributed by atoms with Crippen LogP contribution in [-0.4, -0.2) is 96.0 Å². The van der Waals surface area contributed by atoms with Crippen molar-refractivity contribution in [2.75, 3.05) is 58.2 Å². The van der Waals surface area contributed by atoms with Crippen molar-refractivity contribution in [1.82, 2.24) is 24.6 Å². The monoisotopic (exact) mass is 708 g/mol. The van der Waals surface area contributed by atoms with Crippen molar-refractivity contribution in [3.05, 3.63) is 94.2 Å². The van der Waals surface area contributed by atoms with Gasteiger partial charge in [0, 0.05) is 74.6 Å². The molecule has 0 saturated carbocycles. The molecule has 1 aromatic heterocycles. The highest BCUT2D eigenvalue weighted by molar-refractivity contribution is 6.01. The number of piperazine rings is 1. The Morgan fingerprint density at radius 2 is 1.62 bits per heavy atom. The maximum absolute atomic E-state index is 15.8. The SMILES string of the molecule is COc1cc(-c2cn(C)c(=O)c3ccccc23)cc(F)c1CN1CCN(C(=O)CN2CCC(c3ccc(NC4CCC(=O)NC4=O)cc3)CC2)CC1. The summed E-state index contributed by atoms with van der Waals surface area (Å²) >= 11 is 0. The van der Waals surface area contributed by atoms with Gasteiger partial charge in [0.25, 0.3) is 5.56 Å². The van der Waals surface area contributed by atoms with Crippen LogP contribution < -0.4 is 20.9 Å². The van der Waals surface area contributed by atoms with E-state index in [2.05, 4.69) is 32.6 Å². The van der Waals surface area contributed by atoms with Gasteiger partial charge in [-0.1, -0.05) is 30.3 Å². The summed E-state index contributed by atoms with van der Waals surface area (Å²) in [6.45, 7) is 4.89. The number of hydrogen-bond donors (Lipinski definition) is 2. The van der Waals surface area contributed by atoms with Crippen molar-refractivity contribution in [3.63, 3.8) is 0 Å². The number of hydrogen-bond acceptors (Lipinski definition) is 8. The number of amides is 3. The second-order valence-electron chi connectivity index (χ2n) is 14.1. The van der Waals surface area contributed by atoms with Crippen molar-refractivity contribution >= 4 is 34.2 Å². The number of rotatable bonds is 9. The molecule has 3 amide bonds. The van der Waals surface area contributed by atoms with Gasteiger partial charge in [0.15, 0.2) is 0 Å². The molecular formula is C40H45FN6O5. The van der Waals surface area contributed by atoms with Crippen LogP contribution in [0.5, 0.6) is 5.75 Å². The quantitative estimate of drug-likeness (QED) is 0.250. The van der Waals surface area contributed by atoms with E-state index in [4.69, 9.17) is 4.74 Å². The van der Waals surface area contributed by atoms with Gasteiger partial charge in [0.1, 0.15) is 17.6 Å². The summed E-state index contributed by atoms with van der Waals surface area (Å²) in [4.78, 5) is 55.8. The van der Waals surface area contributed by atoms with Crippen LogP contribution in [0.3, 0.4) is 0 Å². The van der Waals surface area contributed by atoms with Gasteiger partial charge in [-0.3, -0.25) is 34.3 Å². The van der Waals surface area contributed by atoms with E-state index < -0.39 is 6.04 Å². The van der Waals surface area contributed by atoms with Crippen LogP contribution in [-0.2, 0) is 28.0 Å². The predicted octanol–water partition coefficient (Wildman–Crippen LogP) is 4.09. The van der Waals surface area contributed by atoms with Gasteiger partial charge in [-0.2, -0.15) is 0 Å². The third-order valence-electron chi connectivity index (χ3n) is 10.8. The third kappa shape index (κ3) is 7.58. The lowest BCUT2D eigenvalue weighted by Crippen LogP contribution is -2.51. The fourth-order valence-corrected chi connectivity index (χ4v) is 7.73. The predicted molar refractivity (Wildman–Crippen MR) is 198 cm³/mol. The Morgan fingerprint density at radius 3 is 2.31 bits per heavy atom. The highest BCUT2D eigenvalue weighted by atomic mass is 19.1. The number of aromatic nitrogens is 1. The topological polar surface area (TPSA) is 116 Å². The Labute approximate surface area is 302 Å². The van der Waals surface area contributed by atoms with Gasteiger partial charge < -0.3 is 19.5 Å². The van der Waals surface area contributed by atoms with Crippen LogP contribution in [0, 0.1) is 5.82 Å². The molecule has 52 heavy (non-hydrogen) atoms. The molecule has 3 aromatic carbocycles. The van der Waals surface area contributed by atoms with E-state index in [-0.39, 0.29) is 29.1 Å². The standard InChI is InChI=1S/C40H45FN6O5/c1-44-23-32(30-5-3-4-6-31(30)40(44)51)28-21-34(41)33(36(22-28)52-2)24-46-17-19-47(20-18-46)38(49)25-45-15-13-27(14-16-45)26-7-9-29(10-8-26)42-35-11-12-37(48)43-39(35)50/h3-10,21-23,27,35,42H,11-20,24-25H2,1-2H3,(H,43,48,50). The average molecular weight is 709 g/mol. The number of methoxy groups -OCH3 is 1. The van der Waals surface area contributed by atoms with Gasteiger partial charge in [0.05, 0.1) is 13.7 Å². The first-order valence-electron chi connectivity index (χ1n) is 18.0. The number of carbonyl (C=O) groups excluding carboxylic acids is 3. The first-order valence-corrected chi connectivity index (χ1v) is 18.0. The molecule has 3 saturated heterocycles. The van der Waals surface area contributed by atoms with Gasteiger partial charge in [-0.05, 0) is 85.1 Å². The molecule has 0 radical (unpaired) electrons. The van der Waals surface area contributed by atoms with Gasteiger partial charge in [0.2, 0.25) is 17.7 Å². The zero-order chi connectivity index (χ0) is 36.4. The van der Waals surface area contributed by atoms with E-state index in [0.29, 0.717) is 80.3 Å². The first-order chi connectivity index (χ1) is 25.2. The molecule has 2 N–H and O–H groups in total. The third-order valence-corrected chi connectivity index (χ3v) is 10.8. The molecule has 272 valence electrons. The molecule has 4 aromatic rings. The second kappa shape index (κ2) is 15.3. The van der Waals surface area contributed by atoms with Gasteiger partial charge in [-0.15, -0.1) is 0 Å². The molecule has 3 aliphatic heterocycles. The number of carbonyl (C=O) groups is 3. The molecule has 0 bridgehead atoms. The Bertz CT molecular complexity index is 2030. The number of aryl methyl sites for hydroxylation is 1. The minimum atomic E-state index is -0.404. The van der Waals surface area contributed by atoms with Crippen LogP contribution in [0.1, 0.15) is 42.7 Å². The molecule has 1 atom stereocenters. The minimum absolute atomic E-state index is 0.104. The normalized spacial score (nSPS) is 19.1. The summed E-state index contributed by atoms with van der Waals surface area (Å²) in [6, 6.07) is 18.5. The van der Waals surface area contributed by atoms with Crippen molar-refractivity contribution in [2.24, 2.45) is 7.05 Å². The van der Waals surface area contributed by atoms with Crippen LogP contribution >= 0.6 is 0 Å². The van der Waals surface area contributed by atoms with Crippen LogP contribution in [0.25, 0.3) is 21.9 Å². The number of pyridine rings is 1. The smallest absolute Gasteiger partial charge is 0.258 e. The molecule has 0 aliphatic carbocycles. The number of halogens is 1. The van der Waals surface area contributed by atoms with E-state index >= 15 is 4.39 Å². The lowest BCUT2D eigenvalue weighted by molar-refractivity contribution is -0.135. The number of nitrogens with one attached hydrogen (secondary N) is 2. The molecule has 1 unspecified atom stereocenters. The number of nitrogens with zero attached hydrogens (tertiary/aromatic N) is 4. The molecule has 12 heteroatoms. The highest BCUT2D eigenvalue weighted by Gasteiger charge is 2.29. The number of benzene rings is 3. The van der Waals surface area contributed by atoms with Crippen LogP contribution in [0.15, 0.2) is 71.7 Å². The minimum Gasteiger partial charge on any atom is -0.496 e. The largest absolute Gasteiger partial charge is 0.496 e.